The van der Waals surface area contributed by atoms with Gasteiger partial charge < -0.3 is 5.32 Å². The lowest BCUT2D eigenvalue weighted by molar-refractivity contribution is 0.0686. The zero-order chi connectivity index (χ0) is 11.4. The Morgan fingerprint density at radius 3 is 2.44 bits per heavy atom. The van der Waals surface area contributed by atoms with Gasteiger partial charge in [-0.3, -0.25) is 4.90 Å². The zero-order valence-electron chi connectivity index (χ0n) is 10.3. The number of piperazine rings is 1. The van der Waals surface area contributed by atoms with Gasteiger partial charge in [0.15, 0.2) is 0 Å². The van der Waals surface area contributed by atoms with E-state index in [1.54, 1.807) is 0 Å². The first-order valence-corrected chi connectivity index (χ1v) is 6.68. The minimum absolute atomic E-state index is 0.131. The van der Waals surface area contributed by atoms with E-state index in [9.17, 15) is 5.26 Å². The van der Waals surface area contributed by atoms with Crippen molar-refractivity contribution >= 4 is 0 Å². The summed E-state index contributed by atoms with van der Waals surface area (Å²) in [7, 11) is 0. The lowest BCUT2D eigenvalue weighted by Gasteiger charge is -2.45. The molecular formula is C13H23N3. The summed E-state index contributed by atoms with van der Waals surface area (Å²) in [6.45, 7) is 6.45. The molecular weight excluding hydrogens is 198 g/mol. The molecule has 0 aromatic carbocycles. The second-order valence-corrected chi connectivity index (χ2v) is 5.23. The third-order valence-electron chi connectivity index (χ3n) is 4.44. The Bertz CT molecular complexity index is 255. The maximum atomic E-state index is 9.54. The summed E-state index contributed by atoms with van der Waals surface area (Å²) >= 11 is 0. The highest BCUT2D eigenvalue weighted by molar-refractivity contribution is 5.11. The second kappa shape index (κ2) is 5.16. The Morgan fingerprint density at radius 2 is 1.94 bits per heavy atom. The van der Waals surface area contributed by atoms with Crippen molar-refractivity contribution in [3.63, 3.8) is 0 Å². The van der Waals surface area contributed by atoms with Gasteiger partial charge >= 0.3 is 0 Å². The van der Waals surface area contributed by atoms with Crippen molar-refractivity contribution in [3.8, 4) is 6.07 Å². The summed E-state index contributed by atoms with van der Waals surface area (Å²) < 4.78 is 0. The molecule has 0 aromatic heterocycles. The predicted molar refractivity (Wildman–Crippen MR) is 65.0 cm³/mol. The minimum Gasteiger partial charge on any atom is -0.314 e. The quantitative estimate of drug-likeness (QED) is 0.772. The topological polar surface area (TPSA) is 39.1 Å². The molecule has 0 unspecified atom stereocenters. The molecule has 16 heavy (non-hydrogen) atoms. The van der Waals surface area contributed by atoms with Crippen LogP contribution in [0.5, 0.6) is 0 Å². The summed E-state index contributed by atoms with van der Waals surface area (Å²) in [5.74, 6) is 0.865. The van der Waals surface area contributed by atoms with Crippen LogP contribution in [-0.2, 0) is 0 Å². The van der Waals surface area contributed by atoms with Gasteiger partial charge in [0.1, 0.15) is 5.54 Å². The van der Waals surface area contributed by atoms with Crippen LogP contribution in [-0.4, -0.2) is 36.6 Å². The van der Waals surface area contributed by atoms with Crippen LogP contribution in [0.25, 0.3) is 0 Å². The molecule has 0 atom stereocenters. The van der Waals surface area contributed by atoms with Crippen LogP contribution in [0.1, 0.15) is 39.0 Å². The summed E-state index contributed by atoms with van der Waals surface area (Å²) in [6.07, 6.45) is 5.94. The Labute approximate surface area is 98.8 Å². The molecule has 0 radical (unpaired) electrons. The summed E-state index contributed by atoms with van der Waals surface area (Å²) in [4.78, 5) is 2.43. The Balaban J connectivity index is 2.00. The zero-order valence-corrected chi connectivity index (χ0v) is 10.3. The van der Waals surface area contributed by atoms with Crippen molar-refractivity contribution in [3.05, 3.63) is 0 Å². The van der Waals surface area contributed by atoms with Gasteiger partial charge in [0.2, 0.25) is 0 Å². The third kappa shape index (κ3) is 2.23. The van der Waals surface area contributed by atoms with E-state index in [2.05, 4.69) is 23.2 Å². The molecule has 3 nitrogen and oxygen atoms in total. The highest BCUT2D eigenvalue weighted by atomic mass is 15.2. The van der Waals surface area contributed by atoms with Gasteiger partial charge in [-0.25, -0.2) is 0 Å². The molecule has 2 aliphatic rings. The molecule has 1 N–H and O–H groups in total. The van der Waals surface area contributed by atoms with Crippen molar-refractivity contribution in [2.45, 2.75) is 44.6 Å². The first-order valence-electron chi connectivity index (χ1n) is 6.68. The van der Waals surface area contributed by atoms with Crippen LogP contribution in [0.2, 0.25) is 0 Å². The summed E-state index contributed by atoms with van der Waals surface area (Å²) in [5, 5.41) is 12.9. The largest absolute Gasteiger partial charge is 0.314 e. The van der Waals surface area contributed by atoms with E-state index in [-0.39, 0.29) is 5.54 Å². The molecule has 1 aliphatic carbocycles. The van der Waals surface area contributed by atoms with Gasteiger partial charge in [0, 0.05) is 26.2 Å². The molecule has 0 bridgehead atoms. The highest BCUT2D eigenvalue weighted by Crippen LogP contribution is 2.37. The first kappa shape index (κ1) is 11.9. The predicted octanol–water partition coefficient (Wildman–Crippen LogP) is 1.75. The van der Waals surface area contributed by atoms with Crippen molar-refractivity contribution in [2.24, 2.45) is 5.92 Å². The molecule has 0 amide bonds. The van der Waals surface area contributed by atoms with E-state index in [4.69, 9.17) is 0 Å². The highest BCUT2D eigenvalue weighted by Gasteiger charge is 2.40. The minimum atomic E-state index is -0.131. The standard InChI is InChI=1S/C13H23N3/c1-2-12-3-5-13(11-14,6-4-12)16-9-7-15-8-10-16/h12,15H,2-10H2,1H3. The monoisotopic (exact) mass is 221 g/mol. The van der Waals surface area contributed by atoms with E-state index < -0.39 is 0 Å². The van der Waals surface area contributed by atoms with E-state index in [0.29, 0.717) is 0 Å². The van der Waals surface area contributed by atoms with E-state index in [0.717, 1.165) is 44.9 Å². The Kier molecular flexibility index (Phi) is 3.83. The molecule has 2 fully saturated rings. The number of hydrogen-bond acceptors (Lipinski definition) is 3. The van der Waals surface area contributed by atoms with Gasteiger partial charge in [-0.2, -0.15) is 5.26 Å². The molecule has 1 saturated heterocycles. The van der Waals surface area contributed by atoms with Gasteiger partial charge in [-0.15, -0.1) is 0 Å². The van der Waals surface area contributed by atoms with E-state index in [1.807, 2.05) is 0 Å². The maximum Gasteiger partial charge on any atom is 0.109 e. The molecule has 1 saturated carbocycles. The van der Waals surface area contributed by atoms with Gasteiger partial charge in [0.25, 0.3) is 0 Å². The first-order chi connectivity index (χ1) is 7.80. The van der Waals surface area contributed by atoms with Crippen LogP contribution in [0.4, 0.5) is 0 Å². The molecule has 90 valence electrons. The van der Waals surface area contributed by atoms with E-state index >= 15 is 0 Å². The second-order valence-electron chi connectivity index (χ2n) is 5.23. The van der Waals surface area contributed by atoms with Crippen molar-refractivity contribution in [1.29, 1.82) is 5.26 Å². The average molecular weight is 221 g/mol. The Hall–Kier alpha value is -0.590. The van der Waals surface area contributed by atoms with Crippen molar-refractivity contribution in [1.82, 2.24) is 10.2 Å². The smallest absolute Gasteiger partial charge is 0.109 e. The van der Waals surface area contributed by atoms with Crippen LogP contribution in [0.15, 0.2) is 0 Å². The van der Waals surface area contributed by atoms with Crippen LogP contribution in [0, 0.1) is 17.2 Å². The fraction of sp³-hybridized carbons (Fsp3) is 0.923. The fourth-order valence-electron chi connectivity index (χ4n) is 3.16. The molecule has 3 heteroatoms. The van der Waals surface area contributed by atoms with E-state index in [1.165, 1.54) is 19.3 Å². The number of nitrogens with one attached hydrogen (secondary N) is 1. The molecule has 2 rings (SSSR count). The Morgan fingerprint density at radius 1 is 1.31 bits per heavy atom. The number of hydrogen-bond donors (Lipinski definition) is 1. The summed E-state index contributed by atoms with van der Waals surface area (Å²) in [6, 6.07) is 2.63. The SMILES string of the molecule is CCC1CCC(C#N)(N2CCNCC2)CC1. The molecule has 0 spiro atoms. The van der Waals surface area contributed by atoms with Crippen molar-refractivity contribution in [2.75, 3.05) is 26.2 Å². The van der Waals surface area contributed by atoms with Gasteiger partial charge in [-0.1, -0.05) is 13.3 Å². The molecule has 1 heterocycles. The number of nitriles is 1. The van der Waals surface area contributed by atoms with Gasteiger partial charge in [0.05, 0.1) is 6.07 Å². The third-order valence-corrected chi connectivity index (χ3v) is 4.44. The number of rotatable bonds is 2. The van der Waals surface area contributed by atoms with Gasteiger partial charge in [-0.05, 0) is 31.6 Å². The lowest BCUT2D eigenvalue weighted by atomic mass is 9.75. The average Bonchev–Trinajstić information content (AvgIpc) is 2.40. The summed E-state index contributed by atoms with van der Waals surface area (Å²) in [5.41, 5.74) is -0.131. The van der Waals surface area contributed by atoms with Crippen LogP contribution >= 0.6 is 0 Å². The van der Waals surface area contributed by atoms with Crippen molar-refractivity contribution < 1.29 is 0 Å². The van der Waals surface area contributed by atoms with Crippen LogP contribution in [0.3, 0.4) is 0 Å². The number of nitrogens with zero attached hydrogens (tertiary/aromatic N) is 2. The lowest BCUT2D eigenvalue weighted by Crippen LogP contribution is -2.56. The molecule has 1 aliphatic heterocycles. The maximum absolute atomic E-state index is 9.54. The normalized spacial score (nSPS) is 36.9. The molecule has 0 aromatic rings. The fourth-order valence-corrected chi connectivity index (χ4v) is 3.16. The van der Waals surface area contributed by atoms with Crippen LogP contribution < -0.4 is 5.32 Å².